The van der Waals surface area contributed by atoms with Crippen LogP contribution < -0.4 is 0 Å². The molecule has 1 aliphatic heterocycles. The van der Waals surface area contributed by atoms with Gasteiger partial charge in [0.15, 0.2) is 10.4 Å². The third-order valence-electron chi connectivity index (χ3n) is 3.90. The molecular weight excluding hydrogens is 332 g/mol. The number of furan rings is 1. The van der Waals surface area contributed by atoms with Gasteiger partial charge in [0.05, 0.1) is 6.04 Å². The van der Waals surface area contributed by atoms with Crippen LogP contribution in [0.2, 0.25) is 0 Å². The molecule has 2 heterocycles. The predicted molar refractivity (Wildman–Crippen MR) is 84.1 cm³/mol. The van der Waals surface area contributed by atoms with Crippen molar-refractivity contribution in [3.63, 3.8) is 0 Å². The number of halogens is 1. The van der Waals surface area contributed by atoms with E-state index >= 15 is 0 Å². The molecule has 1 atom stereocenters. The summed E-state index contributed by atoms with van der Waals surface area (Å²) in [6.07, 6.45) is 0. The van der Waals surface area contributed by atoms with Gasteiger partial charge in [0, 0.05) is 19.6 Å². The predicted octanol–water partition coefficient (Wildman–Crippen LogP) is 3.17. The van der Waals surface area contributed by atoms with Crippen molar-refractivity contribution in [2.24, 2.45) is 0 Å². The Morgan fingerprint density at radius 3 is 2.62 bits per heavy atom. The van der Waals surface area contributed by atoms with Crippen molar-refractivity contribution < 1.29 is 9.21 Å². The summed E-state index contributed by atoms with van der Waals surface area (Å²) in [5.74, 6) is 0.341. The summed E-state index contributed by atoms with van der Waals surface area (Å²) < 4.78 is 5.96. The van der Waals surface area contributed by atoms with E-state index in [1.165, 1.54) is 5.56 Å². The number of likely N-dealkylation sites (N-methyl/N-ethyl adjacent to an activating group) is 1. The molecule has 110 valence electrons. The Bertz CT molecular complexity index is 626. The molecule has 1 amide bonds. The van der Waals surface area contributed by atoms with Crippen molar-refractivity contribution in [1.29, 1.82) is 0 Å². The van der Waals surface area contributed by atoms with Gasteiger partial charge in [0.1, 0.15) is 0 Å². The van der Waals surface area contributed by atoms with Crippen molar-refractivity contribution in [2.45, 2.75) is 6.04 Å². The molecule has 5 heteroatoms. The number of amides is 1. The Labute approximate surface area is 132 Å². The Kier molecular flexibility index (Phi) is 4.12. The van der Waals surface area contributed by atoms with E-state index in [1.54, 1.807) is 12.1 Å². The molecule has 0 bridgehead atoms. The van der Waals surface area contributed by atoms with Crippen LogP contribution in [-0.2, 0) is 0 Å². The number of piperazine rings is 1. The second kappa shape index (κ2) is 6.03. The fourth-order valence-electron chi connectivity index (χ4n) is 2.68. The largest absolute Gasteiger partial charge is 0.444 e. The zero-order chi connectivity index (χ0) is 14.8. The van der Waals surface area contributed by atoms with Gasteiger partial charge in [-0.25, -0.2) is 0 Å². The van der Waals surface area contributed by atoms with E-state index < -0.39 is 0 Å². The van der Waals surface area contributed by atoms with Gasteiger partial charge in [-0.1, -0.05) is 30.3 Å². The standard InChI is InChI=1S/C16H17BrN2O2/c1-18-9-10-19(16(20)14-7-8-15(17)21-14)11-13(18)12-5-3-2-4-6-12/h2-8,13H,9-11H2,1H3. The first-order valence-electron chi connectivity index (χ1n) is 6.95. The number of hydrogen-bond acceptors (Lipinski definition) is 3. The molecule has 0 N–H and O–H groups in total. The maximum Gasteiger partial charge on any atom is 0.289 e. The van der Waals surface area contributed by atoms with E-state index in [4.69, 9.17) is 4.42 Å². The molecule has 1 unspecified atom stereocenters. The molecule has 1 aromatic heterocycles. The first kappa shape index (κ1) is 14.4. The Balaban J connectivity index is 1.78. The lowest BCUT2D eigenvalue weighted by molar-refractivity contribution is 0.0516. The smallest absolute Gasteiger partial charge is 0.289 e. The summed E-state index contributed by atoms with van der Waals surface area (Å²) in [4.78, 5) is 16.6. The summed E-state index contributed by atoms with van der Waals surface area (Å²) in [5.41, 5.74) is 1.23. The molecule has 4 nitrogen and oxygen atoms in total. The number of carbonyl (C=O) groups is 1. The quantitative estimate of drug-likeness (QED) is 0.836. The third-order valence-corrected chi connectivity index (χ3v) is 4.33. The maximum atomic E-state index is 12.5. The Morgan fingerprint density at radius 2 is 1.95 bits per heavy atom. The molecule has 1 fully saturated rings. The maximum absolute atomic E-state index is 12.5. The van der Waals surface area contributed by atoms with E-state index in [-0.39, 0.29) is 11.9 Å². The van der Waals surface area contributed by atoms with Gasteiger partial charge in [0.2, 0.25) is 0 Å². The first-order chi connectivity index (χ1) is 10.1. The van der Waals surface area contributed by atoms with Gasteiger partial charge in [-0.3, -0.25) is 9.69 Å². The zero-order valence-electron chi connectivity index (χ0n) is 11.8. The molecular formula is C16H17BrN2O2. The zero-order valence-corrected chi connectivity index (χ0v) is 13.4. The Hall–Kier alpha value is -1.59. The first-order valence-corrected chi connectivity index (χ1v) is 7.74. The minimum absolute atomic E-state index is 0.0465. The second-order valence-electron chi connectivity index (χ2n) is 5.26. The van der Waals surface area contributed by atoms with Crippen LogP contribution in [0.4, 0.5) is 0 Å². The molecule has 0 saturated carbocycles. The van der Waals surface area contributed by atoms with Crippen LogP contribution in [0, 0.1) is 0 Å². The van der Waals surface area contributed by atoms with Crippen molar-refractivity contribution in [2.75, 3.05) is 26.7 Å². The highest BCUT2D eigenvalue weighted by Crippen LogP contribution is 2.25. The van der Waals surface area contributed by atoms with E-state index in [9.17, 15) is 4.79 Å². The lowest BCUT2D eigenvalue weighted by atomic mass is 10.0. The van der Waals surface area contributed by atoms with Crippen LogP contribution in [0.5, 0.6) is 0 Å². The number of rotatable bonds is 2. The highest BCUT2D eigenvalue weighted by Gasteiger charge is 2.29. The van der Waals surface area contributed by atoms with Crippen LogP contribution in [0.25, 0.3) is 0 Å². The van der Waals surface area contributed by atoms with Crippen LogP contribution in [-0.4, -0.2) is 42.4 Å². The van der Waals surface area contributed by atoms with Crippen molar-refractivity contribution >= 4 is 21.8 Å². The minimum atomic E-state index is -0.0465. The summed E-state index contributed by atoms with van der Waals surface area (Å²) in [6, 6.07) is 14.0. The van der Waals surface area contributed by atoms with Gasteiger partial charge < -0.3 is 9.32 Å². The van der Waals surface area contributed by atoms with Gasteiger partial charge in [0.25, 0.3) is 5.91 Å². The lowest BCUT2D eigenvalue weighted by Gasteiger charge is -2.39. The average molecular weight is 349 g/mol. The fraction of sp³-hybridized carbons (Fsp3) is 0.312. The van der Waals surface area contributed by atoms with Crippen LogP contribution in [0.3, 0.4) is 0 Å². The van der Waals surface area contributed by atoms with E-state index in [2.05, 4.69) is 40.0 Å². The van der Waals surface area contributed by atoms with Crippen molar-refractivity contribution in [3.05, 3.63) is 58.5 Å². The monoisotopic (exact) mass is 348 g/mol. The number of benzene rings is 1. The number of carbonyl (C=O) groups excluding carboxylic acids is 1. The number of hydrogen-bond donors (Lipinski definition) is 0. The van der Waals surface area contributed by atoms with E-state index in [1.807, 2.05) is 23.1 Å². The lowest BCUT2D eigenvalue weighted by Crippen LogP contribution is -2.48. The topological polar surface area (TPSA) is 36.7 Å². The third kappa shape index (κ3) is 3.04. The highest BCUT2D eigenvalue weighted by molar-refractivity contribution is 9.10. The van der Waals surface area contributed by atoms with Crippen molar-refractivity contribution in [3.8, 4) is 0 Å². The highest BCUT2D eigenvalue weighted by atomic mass is 79.9. The van der Waals surface area contributed by atoms with Crippen LogP contribution >= 0.6 is 15.9 Å². The van der Waals surface area contributed by atoms with Crippen LogP contribution in [0.15, 0.2) is 51.6 Å². The van der Waals surface area contributed by atoms with Gasteiger partial charge in [-0.05, 0) is 40.7 Å². The summed E-state index contributed by atoms with van der Waals surface area (Å²) in [7, 11) is 2.10. The number of nitrogens with zero attached hydrogens (tertiary/aromatic N) is 2. The molecule has 2 aromatic rings. The second-order valence-corrected chi connectivity index (χ2v) is 6.04. The average Bonchev–Trinajstić information content (AvgIpc) is 2.94. The SMILES string of the molecule is CN1CCN(C(=O)c2ccc(Br)o2)CC1c1ccccc1. The molecule has 0 radical (unpaired) electrons. The van der Waals surface area contributed by atoms with Gasteiger partial charge in [-0.15, -0.1) is 0 Å². The molecule has 0 spiro atoms. The summed E-state index contributed by atoms with van der Waals surface area (Å²) >= 11 is 3.24. The molecule has 1 aliphatic rings. The Morgan fingerprint density at radius 1 is 1.19 bits per heavy atom. The molecule has 0 aliphatic carbocycles. The molecule has 3 rings (SSSR count). The summed E-state index contributed by atoms with van der Waals surface area (Å²) in [6.45, 7) is 2.25. The fourth-order valence-corrected chi connectivity index (χ4v) is 2.98. The normalized spacial score (nSPS) is 19.7. The van der Waals surface area contributed by atoms with Crippen LogP contribution in [0.1, 0.15) is 22.2 Å². The van der Waals surface area contributed by atoms with Gasteiger partial charge >= 0.3 is 0 Å². The van der Waals surface area contributed by atoms with E-state index in [0.717, 1.165) is 13.1 Å². The molecule has 1 saturated heterocycles. The summed E-state index contributed by atoms with van der Waals surface area (Å²) in [5, 5.41) is 0. The van der Waals surface area contributed by atoms with Crippen molar-refractivity contribution in [1.82, 2.24) is 9.80 Å². The van der Waals surface area contributed by atoms with E-state index in [0.29, 0.717) is 17.0 Å². The minimum Gasteiger partial charge on any atom is -0.444 e. The van der Waals surface area contributed by atoms with Gasteiger partial charge in [-0.2, -0.15) is 0 Å². The molecule has 1 aromatic carbocycles. The molecule has 21 heavy (non-hydrogen) atoms.